The SMILES string of the molecule is COc1ccc2nc(CCCl)n(C3C(C)(C)C3(C)C)c2c1. The fourth-order valence-corrected chi connectivity index (χ4v) is 3.77. The van der Waals surface area contributed by atoms with Crippen LogP contribution in [0.25, 0.3) is 11.0 Å². The van der Waals surface area contributed by atoms with Crippen molar-refractivity contribution in [2.24, 2.45) is 10.8 Å². The number of alkyl halides is 1. The molecule has 3 nitrogen and oxygen atoms in total. The van der Waals surface area contributed by atoms with E-state index in [1.807, 2.05) is 12.1 Å². The second-order valence-corrected chi connectivity index (χ2v) is 7.42. The van der Waals surface area contributed by atoms with Crippen molar-refractivity contribution in [1.29, 1.82) is 0 Å². The van der Waals surface area contributed by atoms with Crippen LogP contribution in [0.2, 0.25) is 0 Å². The van der Waals surface area contributed by atoms with E-state index in [4.69, 9.17) is 21.3 Å². The van der Waals surface area contributed by atoms with Crippen molar-refractivity contribution in [3.8, 4) is 5.75 Å². The molecule has 0 aliphatic heterocycles. The third kappa shape index (κ3) is 1.97. The van der Waals surface area contributed by atoms with Gasteiger partial charge in [-0.2, -0.15) is 0 Å². The van der Waals surface area contributed by atoms with E-state index < -0.39 is 0 Å². The fraction of sp³-hybridized carbons (Fsp3) is 0.588. The van der Waals surface area contributed by atoms with Gasteiger partial charge in [-0.25, -0.2) is 4.98 Å². The average molecular weight is 307 g/mol. The number of aromatic nitrogens is 2. The largest absolute Gasteiger partial charge is 0.497 e. The molecule has 1 heterocycles. The summed E-state index contributed by atoms with van der Waals surface area (Å²) in [6.07, 6.45) is 0.793. The van der Waals surface area contributed by atoms with Gasteiger partial charge in [0.2, 0.25) is 0 Å². The van der Waals surface area contributed by atoms with Crippen LogP contribution in [0.15, 0.2) is 18.2 Å². The van der Waals surface area contributed by atoms with E-state index in [9.17, 15) is 0 Å². The Balaban J connectivity index is 2.21. The monoisotopic (exact) mass is 306 g/mol. The fourth-order valence-electron chi connectivity index (χ4n) is 3.61. The Hall–Kier alpha value is -1.22. The number of ether oxygens (including phenoxy) is 1. The first-order valence-corrected chi connectivity index (χ1v) is 7.99. The van der Waals surface area contributed by atoms with Crippen molar-refractivity contribution in [2.75, 3.05) is 13.0 Å². The summed E-state index contributed by atoms with van der Waals surface area (Å²) in [7, 11) is 1.70. The first-order valence-electron chi connectivity index (χ1n) is 7.45. The van der Waals surface area contributed by atoms with Gasteiger partial charge in [-0.05, 0) is 23.0 Å². The summed E-state index contributed by atoms with van der Waals surface area (Å²) in [6, 6.07) is 6.53. The number of fused-ring (bicyclic) bond motifs is 1. The molecule has 1 aliphatic carbocycles. The third-order valence-electron chi connectivity index (χ3n) is 5.49. The standard InChI is InChI=1S/C17H23ClN2O/c1-16(2)15(17(16,3)4)20-13-10-11(21-5)6-7-12(13)19-14(20)8-9-18/h6-7,10,15H,8-9H2,1-5H3. The van der Waals surface area contributed by atoms with Gasteiger partial charge in [0, 0.05) is 24.4 Å². The maximum absolute atomic E-state index is 5.98. The molecule has 2 aromatic rings. The Bertz CT molecular complexity index is 673. The van der Waals surface area contributed by atoms with Crippen LogP contribution in [0.4, 0.5) is 0 Å². The molecule has 114 valence electrons. The molecule has 21 heavy (non-hydrogen) atoms. The number of imidazole rings is 1. The lowest BCUT2D eigenvalue weighted by atomic mass is 10.0. The zero-order valence-corrected chi connectivity index (χ0v) is 14.2. The van der Waals surface area contributed by atoms with E-state index in [1.165, 1.54) is 0 Å². The second kappa shape index (κ2) is 4.64. The Labute approximate surface area is 131 Å². The zero-order chi connectivity index (χ0) is 15.4. The van der Waals surface area contributed by atoms with Gasteiger partial charge in [-0.3, -0.25) is 0 Å². The highest BCUT2D eigenvalue weighted by Gasteiger charge is 2.66. The van der Waals surface area contributed by atoms with Crippen molar-refractivity contribution < 1.29 is 4.74 Å². The quantitative estimate of drug-likeness (QED) is 0.781. The van der Waals surface area contributed by atoms with Crippen molar-refractivity contribution in [1.82, 2.24) is 9.55 Å². The van der Waals surface area contributed by atoms with Crippen LogP contribution in [0, 0.1) is 10.8 Å². The lowest BCUT2D eigenvalue weighted by Crippen LogP contribution is -2.07. The molecule has 0 bridgehead atoms. The van der Waals surface area contributed by atoms with Gasteiger partial charge < -0.3 is 9.30 Å². The minimum Gasteiger partial charge on any atom is -0.497 e. The minimum absolute atomic E-state index is 0.255. The smallest absolute Gasteiger partial charge is 0.121 e. The van der Waals surface area contributed by atoms with Crippen LogP contribution < -0.4 is 4.74 Å². The van der Waals surface area contributed by atoms with Crippen molar-refractivity contribution in [2.45, 2.75) is 40.2 Å². The van der Waals surface area contributed by atoms with Crippen LogP contribution in [-0.2, 0) is 6.42 Å². The summed E-state index contributed by atoms with van der Waals surface area (Å²) >= 11 is 5.98. The summed E-state index contributed by atoms with van der Waals surface area (Å²) in [5, 5.41) is 0. The Kier molecular flexibility index (Phi) is 3.25. The van der Waals surface area contributed by atoms with E-state index in [0.717, 1.165) is 29.0 Å². The number of methoxy groups -OCH3 is 1. The first-order chi connectivity index (χ1) is 9.84. The van der Waals surface area contributed by atoms with Crippen molar-refractivity contribution in [3.63, 3.8) is 0 Å². The lowest BCUT2D eigenvalue weighted by molar-refractivity contribution is 0.415. The van der Waals surface area contributed by atoms with E-state index in [2.05, 4.69) is 38.3 Å². The molecule has 3 rings (SSSR count). The van der Waals surface area contributed by atoms with Crippen molar-refractivity contribution in [3.05, 3.63) is 24.0 Å². The maximum Gasteiger partial charge on any atom is 0.121 e. The highest BCUT2D eigenvalue weighted by molar-refractivity contribution is 6.17. The van der Waals surface area contributed by atoms with E-state index in [1.54, 1.807) is 7.11 Å². The third-order valence-corrected chi connectivity index (χ3v) is 5.68. The topological polar surface area (TPSA) is 27.1 Å². The molecular formula is C17H23ClN2O. The number of aryl methyl sites for hydroxylation is 1. The molecule has 1 aromatic carbocycles. The highest BCUT2D eigenvalue weighted by Crippen LogP contribution is 2.72. The van der Waals surface area contributed by atoms with Crippen molar-refractivity contribution >= 4 is 22.6 Å². The van der Waals surface area contributed by atoms with Gasteiger partial charge >= 0.3 is 0 Å². The van der Waals surface area contributed by atoms with Gasteiger partial charge in [0.05, 0.1) is 18.1 Å². The first kappa shape index (κ1) is 14.7. The lowest BCUT2D eigenvalue weighted by Gasteiger charge is -2.11. The number of benzene rings is 1. The number of rotatable bonds is 4. The molecule has 1 fully saturated rings. The number of hydrogen-bond acceptors (Lipinski definition) is 2. The molecule has 1 saturated carbocycles. The van der Waals surface area contributed by atoms with E-state index in [-0.39, 0.29) is 10.8 Å². The van der Waals surface area contributed by atoms with Crippen LogP contribution in [0.1, 0.15) is 39.6 Å². The van der Waals surface area contributed by atoms with E-state index >= 15 is 0 Å². The average Bonchev–Trinajstić information content (AvgIpc) is 2.71. The van der Waals surface area contributed by atoms with Gasteiger partial charge in [-0.15, -0.1) is 11.6 Å². The van der Waals surface area contributed by atoms with Gasteiger partial charge in [0.15, 0.2) is 0 Å². The van der Waals surface area contributed by atoms with Gasteiger partial charge in [-0.1, -0.05) is 27.7 Å². The molecule has 0 radical (unpaired) electrons. The molecule has 4 heteroatoms. The van der Waals surface area contributed by atoms with Crippen LogP contribution >= 0.6 is 11.6 Å². The molecule has 0 saturated heterocycles. The Morgan fingerprint density at radius 1 is 1.24 bits per heavy atom. The van der Waals surface area contributed by atoms with Crippen LogP contribution in [0.3, 0.4) is 0 Å². The van der Waals surface area contributed by atoms with Gasteiger partial charge in [0.25, 0.3) is 0 Å². The number of nitrogens with zero attached hydrogens (tertiary/aromatic N) is 2. The highest BCUT2D eigenvalue weighted by atomic mass is 35.5. The molecule has 0 unspecified atom stereocenters. The zero-order valence-electron chi connectivity index (χ0n) is 13.4. The number of hydrogen-bond donors (Lipinski definition) is 0. The summed E-state index contributed by atoms with van der Waals surface area (Å²) in [5.74, 6) is 2.54. The summed E-state index contributed by atoms with van der Waals surface area (Å²) < 4.78 is 7.77. The molecule has 0 spiro atoms. The molecule has 0 N–H and O–H groups in total. The maximum atomic E-state index is 5.98. The predicted molar refractivity (Wildman–Crippen MR) is 87.3 cm³/mol. The molecule has 0 atom stereocenters. The molecular weight excluding hydrogens is 284 g/mol. The number of halogens is 1. The summed E-state index contributed by atoms with van der Waals surface area (Å²) in [5.41, 5.74) is 2.68. The minimum atomic E-state index is 0.255. The molecule has 1 aliphatic rings. The van der Waals surface area contributed by atoms with Crippen LogP contribution in [-0.4, -0.2) is 22.5 Å². The Morgan fingerprint density at radius 3 is 2.43 bits per heavy atom. The second-order valence-electron chi connectivity index (χ2n) is 7.04. The van der Waals surface area contributed by atoms with Crippen LogP contribution in [0.5, 0.6) is 5.75 Å². The predicted octanol–water partition coefficient (Wildman–Crippen LogP) is 4.43. The molecule has 1 aromatic heterocycles. The Morgan fingerprint density at radius 2 is 1.90 bits per heavy atom. The normalized spacial score (nSPS) is 19.9. The molecule has 0 amide bonds. The van der Waals surface area contributed by atoms with Gasteiger partial charge in [0.1, 0.15) is 11.6 Å². The summed E-state index contributed by atoms with van der Waals surface area (Å²) in [4.78, 5) is 4.79. The van der Waals surface area contributed by atoms with E-state index in [0.29, 0.717) is 11.9 Å². The summed E-state index contributed by atoms with van der Waals surface area (Å²) in [6.45, 7) is 9.31.